The van der Waals surface area contributed by atoms with E-state index in [-0.39, 0.29) is 11.3 Å². The molecule has 1 N–H and O–H groups in total. The third-order valence-corrected chi connectivity index (χ3v) is 4.56. The number of aromatic nitrogens is 1. The van der Waals surface area contributed by atoms with Crippen LogP contribution < -0.4 is 0 Å². The summed E-state index contributed by atoms with van der Waals surface area (Å²) in [5.41, 5.74) is 1.17. The predicted octanol–water partition coefficient (Wildman–Crippen LogP) is 2.46. The van der Waals surface area contributed by atoms with E-state index in [1.807, 2.05) is 31.1 Å². The first kappa shape index (κ1) is 18.8. The van der Waals surface area contributed by atoms with Gasteiger partial charge in [-0.05, 0) is 39.2 Å². The monoisotopic (exact) mass is 365 g/mol. The fourth-order valence-electron chi connectivity index (χ4n) is 3.26. The Bertz CT molecular complexity index is 847. The first-order chi connectivity index (χ1) is 13.0. The minimum absolute atomic E-state index is 0.0924. The fourth-order valence-corrected chi connectivity index (χ4v) is 3.26. The van der Waals surface area contributed by atoms with Gasteiger partial charge in [0.05, 0.1) is 11.3 Å². The van der Waals surface area contributed by atoms with Crippen molar-refractivity contribution >= 4 is 17.4 Å². The van der Waals surface area contributed by atoms with E-state index in [1.54, 1.807) is 42.6 Å². The molecule has 1 fully saturated rings. The summed E-state index contributed by atoms with van der Waals surface area (Å²) < 4.78 is 0. The van der Waals surface area contributed by atoms with E-state index in [9.17, 15) is 14.7 Å². The van der Waals surface area contributed by atoms with Crippen molar-refractivity contribution in [3.8, 4) is 0 Å². The molecular formula is C21H23N3O3. The van der Waals surface area contributed by atoms with Gasteiger partial charge in [0.25, 0.3) is 11.7 Å². The van der Waals surface area contributed by atoms with Crippen LogP contribution in [-0.4, -0.2) is 58.8 Å². The standard InChI is InChI=1S/C21H23N3O3/c1-23(2)13-8-14-24-18(16-11-6-7-12-22-16)17(20(26)21(24)27)19(25)15-9-4-3-5-10-15/h3-7,9-12,18,25H,8,13-14H2,1-2H3/t18-/m0/s1. The Labute approximate surface area is 158 Å². The SMILES string of the molecule is CN(C)CCCN1C(=O)C(=O)C(=C(O)c2ccccc2)[C@@H]1c1ccccn1. The summed E-state index contributed by atoms with van der Waals surface area (Å²) in [6.07, 6.45) is 2.34. The lowest BCUT2D eigenvalue weighted by Gasteiger charge is -2.25. The highest BCUT2D eigenvalue weighted by Gasteiger charge is 2.46. The number of aliphatic hydroxyl groups excluding tert-OH is 1. The lowest BCUT2D eigenvalue weighted by Crippen LogP contribution is -2.32. The zero-order chi connectivity index (χ0) is 19.4. The molecule has 6 nitrogen and oxygen atoms in total. The van der Waals surface area contributed by atoms with Gasteiger partial charge >= 0.3 is 0 Å². The maximum Gasteiger partial charge on any atom is 0.295 e. The molecule has 27 heavy (non-hydrogen) atoms. The van der Waals surface area contributed by atoms with Gasteiger partial charge in [0.2, 0.25) is 0 Å². The number of benzene rings is 1. The van der Waals surface area contributed by atoms with Crippen molar-refractivity contribution in [2.75, 3.05) is 27.2 Å². The number of pyridine rings is 1. The van der Waals surface area contributed by atoms with Gasteiger partial charge < -0.3 is 14.9 Å². The Morgan fingerprint density at radius 1 is 1.11 bits per heavy atom. The van der Waals surface area contributed by atoms with Crippen LogP contribution in [0.1, 0.15) is 23.7 Å². The molecule has 0 unspecified atom stereocenters. The summed E-state index contributed by atoms with van der Waals surface area (Å²) in [6, 6.07) is 13.5. The predicted molar refractivity (Wildman–Crippen MR) is 103 cm³/mol. The molecule has 1 saturated heterocycles. The molecule has 0 aliphatic carbocycles. The van der Waals surface area contributed by atoms with Gasteiger partial charge in [0, 0.05) is 18.3 Å². The van der Waals surface area contributed by atoms with Gasteiger partial charge in [-0.3, -0.25) is 14.6 Å². The fraction of sp³-hybridized carbons (Fsp3) is 0.286. The lowest BCUT2D eigenvalue weighted by atomic mass is 9.98. The largest absolute Gasteiger partial charge is 0.507 e. The van der Waals surface area contributed by atoms with Crippen LogP contribution in [-0.2, 0) is 9.59 Å². The molecular weight excluding hydrogens is 342 g/mol. The molecule has 0 radical (unpaired) electrons. The summed E-state index contributed by atoms with van der Waals surface area (Å²) in [5.74, 6) is -1.43. The van der Waals surface area contributed by atoms with E-state index < -0.39 is 17.7 Å². The average Bonchev–Trinajstić information content (AvgIpc) is 2.93. The molecule has 3 rings (SSSR count). The average molecular weight is 365 g/mol. The Morgan fingerprint density at radius 3 is 2.44 bits per heavy atom. The minimum Gasteiger partial charge on any atom is -0.507 e. The van der Waals surface area contributed by atoms with Gasteiger partial charge in [-0.15, -0.1) is 0 Å². The summed E-state index contributed by atoms with van der Waals surface area (Å²) in [6.45, 7) is 1.20. The number of likely N-dealkylation sites (tertiary alicyclic amines) is 1. The summed E-state index contributed by atoms with van der Waals surface area (Å²) in [5, 5.41) is 10.8. The molecule has 1 amide bonds. The number of nitrogens with zero attached hydrogens (tertiary/aromatic N) is 3. The highest BCUT2D eigenvalue weighted by molar-refractivity contribution is 6.46. The maximum absolute atomic E-state index is 12.8. The second kappa shape index (κ2) is 8.14. The number of aliphatic hydroxyl groups is 1. The van der Waals surface area contributed by atoms with Crippen molar-refractivity contribution in [1.82, 2.24) is 14.8 Å². The smallest absolute Gasteiger partial charge is 0.295 e. The summed E-state index contributed by atoms with van der Waals surface area (Å²) in [7, 11) is 3.92. The van der Waals surface area contributed by atoms with Crippen LogP contribution in [0.15, 0.2) is 60.3 Å². The van der Waals surface area contributed by atoms with Crippen LogP contribution in [0.4, 0.5) is 0 Å². The van der Waals surface area contributed by atoms with Crippen LogP contribution in [0, 0.1) is 0 Å². The quantitative estimate of drug-likeness (QED) is 0.484. The first-order valence-corrected chi connectivity index (χ1v) is 8.90. The van der Waals surface area contributed by atoms with Crippen molar-refractivity contribution in [3.05, 3.63) is 71.6 Å². The summed E-state index contributed by atoms with van der Waals surface area (Å²) in [4.78, 5) is 33.4. The van der Waals surface area contributed by atoms with Crippen LogP contribution in [0.5, 0.6) is 0 Å². The second-order valence-electron chi connectivity index (χ2n) is 6.77. The molecule has 1 aromatic carbocycles. The molecule has 0 spiro atoms. The second-order valence-corrected chi connectivity index (χ2v) is 6.77. The molecule has 140 valence electrons. The Kier molecular flexibility index (Phi) is 5.66. The maximum atomic E-state index is 12.8. The third-order valence-electron chi connectivity index (χ3n) is 4.56. The van der Waals surface area contributed by atoms with Gasteiger partial charge in [0.1, 0.15) is 11.8 Å². The van der Waals surface area contributed by atoms with Gasteiger partial charge in [-0.2, -0.15) is 0 Å². The number of amides is 1. The van der Waals surface area contributed by atoms with Crippen molar-refractivity contribution in [1.29, 1.82) is 0 Å². The van der Waals surface area contributed by atoms with Crippen LogP contribution >= 0.6 is 0 Å². The zero-order valence-electron chi connectivity index (χ0n) is 15.5. The normalized spacial score (nSPS) is 19.1. The van der Waals surface area contributed by atoms with Gasteiger partial charge in [-0.25, -0.2) is 0 Å². The van der Waals surface area contributed by atoms with Crippen molar-refractivity contribution in [3.63, 3.8) is 0 Å². The van der Waals surface area contributed by atoms with E-state index in [4.69, 9.17) is 0 Å². The van der Waals surface area contributed by atoms with Crippen LogP contribution in [0.2, 0.25) is 0 Å². The van der Waals surface area contributed by atoms with Gasteiger partial charge in [-0.1, -0.05) is 36.4 Å². The molecule has 1 aliphatic heterocycles. The number of carbonyl (C=O) groups is 2. The molecule has 1 aliphatic rings. The number of carbonyl (C=O) groups excluding carboxylic acids is 2. The van der Waals surface area contributed by atoms with Crippen molar-refractivity contribution in [2.24, 2.45) is 0 Å². The van der Waals surface area contributed by atoms with E-state index in [0.29, 0.717) is 24.2 Å². The van der Waals surface area contributed by atoms with Gasteiger partial charge in [0.15, 0.2) is 0 Å². The van der Waals surface area contributed by atoms with Crippen LogP contribution in [0.25, 0.3) is 5.76 Å². The van der Waals surface area contributed by atoms with E-state index in [0.717, 1.165) is 6.54 Å². The summed E-state index contributed by atoms with van der Waals surface area (Å²) >= 11 is 0. The van der Waals surface area contributed by atoms with Crippen molar-refractivity contribution < 1.29 is 14.7 Å². The Balaban J connectivity index is 2.05. The topological polar surface area (TPSA) is 73.7 Å². The molecule has 2 heterocycles. The molecule has 1 atom stereocenters. The lowest BCUT2D eigenvalue weighted by molar-refractivity contribution is -0.140. The zero-order valence-corrected chi connectivity index (χ0v) is 15.5. The number of Topliss-reactive ketones (excluding diaryl/α,β-unsaturated/α-hetero) is 1. The van der Waals surface area contributed by atoms with Crippen molar-refractivity contribution in [2.45, 2.75) is 12.5 Å². The molecule has 0 saturated carbocycles. The van der Waals surface area contributed by atoms with E-state index in [2.05, 4.69) is 4.98 Å². The molecule has 0 bridgehead atoms. The number of hydrogen-bond acceptors (Lipinski definition) is 5. The molecule has 2 aromatic rings. The molecule has 1 aromatic heterocycles. The minimum atomic E-state index is -0.687. The van der Waals surface area contributed by atoms with E-state index in [1.165, 1.54) is 4.90 Å². The highest BCUT2D eigenvalue weighted by atomic mass is 16.3. The highest BCUT2D eigenvalue weighted by Crippen LogP contribution is 2.38. The van der Waals surface area contributed by atoms with E-state index >= 15 is 0 Å². The molecule has 6 heteroatoms. The number of rotatable bonds is 6. The number of hydrogen-bond donors (Lipinski definition) is 1. The number of ketones is 1. The first-order valence-electron chi connectivity index (χ1n) is 8.90. The Morgan fingerprint density at radius 2 is 1.81 bits per heavy atom. The Hall–Kier alpha value is -2.99. The third kappa shape index (κ3) is 3.90. The van der Waals surface area contributed by atoms with Crippen LogP contribution in [0.3, 0.4) is 0 Å².